The molecule has 0 aliphatic heterocycles. The molecule has 2 aromatic rings. The van der Waals surface area contributed by atoms with Gasteiger partial charge in [-0.3, -0.25) is 13.9 Å². The average molecular weight is 553 g/mol. The van der Waals surface area contributed by atoms with E-state index in [2.05, 4.69) is 21.2 Å². The van der Waals surface area contributed by atoms with E-state index in [0.717, 1.165) is 26.2 Å². The maximum absolute atomic E-state index is 13.6. The van der Waals surface area contributed by atoms with Gasteiger partial charge in [-0.25, -0.2) is 8.42 Å². The molecule has 9 heteroatoms. The lowest BCUT2D eigenvalue weighted by Gasteiger charge is -2.34. The lowest BCUT2D eigenvalue weighted by Crippen LogP contribution is -2.55. The molecule has 0 spiro atoms. The summed E-state index contributed by atoms with van der Waals surface area (Å²) >= 11 is 3.34. The summed E-state index contributed by atoms with van der Waals surface area (Å²) in [4.78, 5) is 28.2. The Kier molecular flexibility index (Phi) is 9.30. The SMILES string of the molecule is CCC(C(=O)NC(C)(C)C)N(Cc1ccc(C)cc1)C(=O)CN(c1ccc(Br)cc1)S(C)(=O)=O. The molecule has 0 saturated carbocycles. The van der Waals surface area contributed by atoms with E-state index >= 15 is 0 Å². The highest BCUT2D eigenvalue weighted by atomic mass is 79.9. The smallest absolute Gasteiger partial charge is 0.244 e. The summed E-state index contributed by atoms with van der Waals surface area (Å²) in [7, 11) is -3.75. The Bertz CT molecular complexity index is 1090. The van der Waals surface area contributed by atoms with Crippen LogP contribution in [0.4, 0.5) is 5.69 Å². The van der Waals surface area contributed by atoms with E-state index in [9.17, 15) is 18.0 Å². The summed E-state index contributed by atoms with van der Waals surface area (Å²) in [6.45, 7) is 9.22. The molecule has 186 valence electrons. The van der Waals surface area contributed by atoms with Crippen molar-refractivity contribution in [2.75, 3.05) is 17.1 Å². The number of rotatable bonds is 9. The fraction of sp³-hybridized carbons (Fsp3) is 0.440. The molecule has 0 radical (unpaired) electrons. The Morgan fingerprint density at radius 1 is 1.03 bits per heavy atom. The van der Waals surface area contributed by atoms with Crippen LogP contribution in [-0.2, 0) is 26.2 Å². The molecule has 1 N–H and O–H groups in total. The Morgan fingerprint density at radius 3 is 2.06 bits per heavy atom. The lowest BCUT2D eigenvalue weighted by atomic mass is 10.1. The van der Waals surface area contributed by atoms with Crippen molar-refractivity contribution in [3.05, 3.63) is 64.1 Å². The first-order valence-electron chi connectivity index (χ1n) is 11.1. The highest BCUT2D eigenvalue weighted by molar-refractivity contribution is 9.10. The van der Waals surface area contributed by atoms with Crippen LogP contribution < -0.4 is 9.62 Å². The summed E-state index contributed by atoms with van der Waals surface area (Å²) in [5, 5.41) is 2.95. The van der Waals surface area contributed by atoms with Gasteiger partial charge in [-0.2, -0.15) is 0 Å². The number of benzene rings is 2. The van der Waals surface area contributed by atoms with Gasteiger partial charge in [0.25, 0.3) is 0 Å². The number of nitrogens with zero attached hydrogens (tertiary/aromatic N) is 2. The Labute approximate surface area is 211 Å². The molecule has 0 aliphatic carbocycles. The van der Waals surface area contributed by atoms with Crippen molar-refractivity contribution in [2.45, 2.75) is 59.2 Å². The number of carbonyl (C=O) groups excluding carboxylic acids is 2. The maximum atomic E-state index is 13.6. The molecule has 1 atom stereocenters. The summed E-state index contributed by atoms with van der Waals surface area (Å²) in [5.41, 5.74) is 1.84. The van der Waals surface area contributed by atoms with Crippen molar-refractivity contribution in [3.63, 3.8) is 0 Å². The minimum Gasteiger partial charge on any atom is -0.350 e. The predicted octanol–water partition coefficient (Wildman–Crippen LogP) is 4.25. The number of hydrogen-bond donors (Lipinski definition) is 1. The maximum Gasteiger partial charge on any atom is 0.244 e. The van der Waals surface area contributed by atoms with E-state index in [0.29, 0.717) is 12.1 Å². The molecule has 7 nitrogen and oxygen atoms in total. The summed E-state index contributed by atoms with van der Waals surface area (Å²) in [6, 6.07) is 13.6. The van der Waals surface area contributed by atoms with Gasteiger partial charge in [0.2, 0.25) is 21.8 Å². The first kappa shape index (κ1) is 27.9. The molecule has 0 aromatic heterocycles. The molecule has 0 fully saturated rings. The fourth-order valence-electron chi connectivity index (χ4n) is 3.48. The third-order valence-electron chi connectivity index (χ3n) is 5.15. The van der Waals surface area contributed by atoms with Gasteiger partial charge >= 0.3 is 0 Å². The van der Waals surface area contributed by atoms with Crippen LogP contribution in [0.25, 0.3) is 0 Å². The quantitative estimate of drug-likeness (QED) is 0.504. The number of hydrogen-bond acceptors (Lipinski definition) is 4. The minimum atomic E-state index is -3.75. The number of sulfonamides is 1. The monoisotopic (exact) mass is 551 g/mol. The van der Waals surface area contributed by atoms with Crippen molar-refractivity contribution in [3.8, 4) is 0 Å². The van der Waals surface area contributed by atoms with Gasteiger partial charge in [-0.05, 0) is 63.9 Å². The predicted molar refractivity (Wildman–Crippen MR) is 140 cm³/mol. The molecule has 0 heterocycles. The third kappa shape index (κ3) is 8.13. The van der Waals surface area contributed by atoms with E-state index in [1.54, 1.807) is 24.3 Å². The highest BCUT2D eigenvalue weighted by Gasteiger charge is 2.33. The molecule has 0 bridgehead atoms. The first-order valence-corrected chi connectivity index (χ1v) is 13.8. The van der Waals surface area contributed by atoms with E-state index in [4.69, 9.17) is 0 Å². The van der Waals surface area contributed by atoms with Gasteiger partial charge in [0.05, 0.1) is 11.9 Å². The number of aryl methyl sites for hydroxylation is 1. The Balaban J connectivity index is 2.43. The molecular formula is C25H34BrN3O4S. The number of amides is 2. The van der Waals surface area contributed by atoms with Crippen molar-refractivity contribution in [2.24, 2.45) is 0 Å². The van der Waals surface area contributed by atoms with Gasteiger partial charge in [-0.15, -0.1) is 0 Å². The highest BCUT2D eigenvalue weighted by Crippen LogP contribution is 2.22. The van der Waals surface area contributed by atoms with Crippen molar-refractivity contribution < 1.29 is 18.0 Å². The van der Waals surface area contributed by atoms with Crippen molar-refractivity contribution in [1.29, 1.82) is 0 Å². The molecule has 2 amide bonds. The van der Waals surface area contributed by atoms with Crippen molar-refractivity contribution >= 4 is 43.5 Å². The van der Waals surface area contributed by atoms with Gasteiger partial charge in [0, 0.05) is 16.6 Å². The van der Waals surface area contributed by atoms with Crippen LogP contribution in [0.1, 0.15) is 45.2 Å². The van der Waals surface area contributed by atoms with Crippen LogP contribution in [0.5, 0.6) is 0 Å². The molecular weight excluding hydrogens is 518 g/mol. The zero-order chi connectivity index (χ0) is 25.7. The summed E-state index contributed by atoms with van der Waals surface area (Å²) < 4.78 is 27.1. The molecule has 0 aliphatic rings. The van der Waals surface area contributed by atoms with Gasteiger partial charge < -0.3 is 10.2 Å². The summed E-state index contributed by atoms with van der Waals surface area (Å²) in [6.07, 6.45) is 1.45. The van der Waals surface area contributed by atoms with E-state index in [-0.39, 0.29) is 12.5 Å². The van der Waals surface area contributed by atoms with Crippen LogP contribution in [0.2, 0.25) is 0 Å². The number of nitrogens with one attached hydrogen (secondary N) is 1. The summed E-state index contributed by atoms with van der Waals surface area (Å²) in [5.74, 6) is -0.727. The molecule has 1 unspecified atom stereocenters. The van der Waals surface area contributed by atoms with Gasteiger partial charge in [0.1, 0.15) is 12.6 Å². The average Bonchev–Trinajstić information content (AvgIpc) is 2.72. The first-order chi connectivity index (χ1) is 15.7. The van der Waals surface area contributed by atoms with E-state index < -0.39 is 34.1 Å². The van der Waals surface area contributed by atoms with Crippen LogP contribution in [0, 0.1) is 6.92 Å². The molecule has 0 saturated heterocycles. The lowest BCUT2D eigenvalue weighted by molar-refractivity contribution is -0.141. The van der Waals surface area contributed by atoms with Crippen LogP contribution in [0.3, 0.4) is 0 Å². The van der Waals surface area contributed by atoms with Crippen LogP contribution in [0.15, 0.2) is 53.0 Å². The van der Waals surface area contributed by atoms with Crippen LogP contribution in [-0.4, -0.2) is 49.5 Å². The Hall–Kier alpha value is -2.39. The second-order valence-corrected chi connectivity index (χ2v) is 12.2. The van der Waals surface area contributed by atoms with E-state index in [1.165, 1.54) is 4.90 Å². The Morgan fingerprint density at radius 2 is 1.59 bits per heavy atom. The van der Waals surface area contributed by atoms with Crippen LogP contribution >= 0.6 is 15.9 Å². The molecule has 34 heavy (non-hydrogen) atoms. The molecule has 2 rings (SSSR count). The minimum absolute atomic E-state index is 0.188. The third-order valence-corrected chi connectivity index (χ3v) is 6.82. The second-order valence-electron chi connectivity index (χ2n) is 9.42. The normalized spacial score (nSPS) is 12.7. The largest absolute Gasteiger partial charge is 0.350 e. The zero-order valence-electron chi connectivity index (χ0n) is 20.6. The fourth-order valence-corrected chi connectivity index (χ4v) is 4.60. The second kappa shape index (κ2) is 11.4. The van der Waals surface area contributed by atoms with Crippen molar-refractivity contribution in [1.82, 2.24) is 10.2 Å². The number of anilines is 1. The number of halogens is 1. The standard InChI is InChI=1S/C25H34BrN3O4S/c1-7-22(24(31)27-25(3,4)5)28(16-19-10-8-18(2)9-11-19)23(30)17-29(34(6,32)33)21-14-12-20(26)13-15-21/h8-15,22H,7,16-17H2,1-6H3,(H,27,31). The van der Waals surface area contributed by atoms with Gasteiger partial charge in [-0.1, -0.05) is 52.7 Å². The molecule has 2 aromatic carbocycles. The topological polar surface area (TPSA) is 86.8 Å². The zero-order valence-corrected chi connectivity index (χ0v) is 23.0. The van der Waals surface area contributed by atoms with E-state index in [1.807, 2.05) is 58.9 Å². The number of carbonyl (C=O) groups is 2. The van der Waals surface area contributed by atoms with Gasteiger partial charge in [0.15, 0.2) is 0 Å².